The van der Waals surface area contributed by atoms with Gasteiger partial charge in [0.15, 0.2) is 0 Å². The van der Waals surface area contributed by atoms with E-state index in [0.717, 1.165) is 12.0 Å². The van der Waals surface area contributed by atoms with E-state index in [-0.39, 0.29) is 22.5 Å². The third kappa shape index (κ3) is 3.47. The van der Waals surface area contributed by atoms with Crippen molar-refractivity contribution in [1.82, 2.24) is 4.90 Å². The first kappa shape index (κ1) is 16.6. The van der Waals surface area contributed by atoms with Crippen LogP contribution in [0, 0.1) is 5.82 Å². The molecular formula is C17H17FN2O3S. The normalized spacial score (nSPS) is 17.9. The topological polar surface area (TPSA) is 80.5 Å². The lowest BCUT2D eigenvalue weighted by Gasteiger charge is -2.17. The van der Waals surface area contributed by atoms with Gasteiger partial charge in [-0.15, -0.1) is 0 Å². The third-order valence-electron chi connectivity index (χ3n) is 4.25. The molecule has 24 heavy (non-hydrogen) atoms. The molecule has 1 aliphatic heterocycles. The lowest BCUT2D eigenvalue weighted by molar-refractivity contribution is 0.0790. The minimum absolute atomic E-state index is 0.0235. The summed E-state index contributed by atoms with van der Waals surface area (Å²) in [4.78, 5) is 14.2. The van der Waals surface area contributed by atoms with Crippen LogP contribution < -0.4 is 5.14 Å². The average molecular weight is 348 g/mol. The summed E-state index contributed by atoms with van der Waals surface area (Å²) in [5.41, 5.74) is 1.43. The molecular weight excluding hydrogens is 331 g/mol. The summed E-state index contributed by atoms with van der Waals surface area (Å²) >= 11 is 0. The predicted molar refractivity (Wildman–Crippen MR) is 87.5 cm³/mol. The molecule has 2 aromatic carbocycles. The van der Waals surface area contributed by atoms with Crippen LogP contribution in [0.1, 0.15) is 28.3 Å². The molecule has 0 saturated carbocycles. The highest BCUT2D eigenvalue weighted by Gasteiger charge is 2.28. The van der Waals surface area contributed by atoms with Crippen LogP contribution in [0.4, 0.5) is 4.39 Å². The standard InChI is InChI=1S/C17H17FN2O3S/c18-15-5-1-12(2-6-15)14-9-10-20(11-14)17(21)13-3-7-16(8-4-13)24(19,22)23/h1-8,14H,9-11H2,(H2,19,22,23)/t14-/m1/s1. The van der Waals surface area contributed by atoms with E-state index in [1.165, 1.54) is 36.4 Å². The molecule has 5 nitrogen and oxygen atoms in total. The van der Waals surface area contributed by atoms with E-state index in [2.05, 4.69) is 0 Å². The number of hydrogen-bond donors (Lipinski definition) is 1. The van der Waals surface area contributed by atoms with Gasteiger partial charge >= 0.3 is 0 Å². The van der Waals surface area contributed by atoms with Crippen molar-refractivity contribution in [3.63, 3.8) is 0 Å². The second-order valence-corrected chi connectivity index (χ2v) is 7.42. The number of primary sulfonamides is 1. The fourth-order valence-corrected chi connectivity index (χ4v) is 3.44. The summed E-state index contributed by atoms with van der Waals surface area (Å²) in [6.45, 7) is 1.17. The minimum atomic E-state index is -3.77. The third-order valence-corrected chi connectivity index (χ3v) is 5.18. The number of nitrogens with zero attached hydrogens (tertiary/aromatic N) is 1. The van der Waals surface area contributed by atoms with Crippen LogP contribution in [0.15, 0.2) is 53.4 Å². The van der Waals surface area contributed by atoms with Crippen LogP contribution in [-0.2, 0) is 10.0 Å². The maximum atomic E-state index is 13.0. The van der Waals surface area contributed by atoms with E-state index in [1.54, 1.807) is 17.0 Å². The Morgan fingerprint density at radius 2 is 1.71 bits per heavy atom. The number of likely N-dealkylation sites (tertiary alicyclic amines) is 1. The van der Waals surface area contributed by atoms with Crippen LogP contribution in [-0.4, -0.2) is 32.3 Å². The summed E-state index contributed by atoms with van der Waals surface area (Å²) in [5.74, 6) is -0.251. The molecule has 1 heterocycles. The van der Waals surface area contributed by atoms with Crippen molar-refractivity contribution in [2.24, 2.45) is 5.14 Å². The van der Waals surface area contributed by atoms with Crippen molar-refractivity contribution >= 4 is 15.9 Å². The van der Waals surface area contributed by atoms with Gasteiger partial charge in [0.1, 0.15) is 5.82 Å². The first-order chi connectivity index (χ1) is 11.3. The van der Waals surface area contributed by atoms with Crippen LogP contribution in [0.5, 0.6) is 0 Å². The summed E-state index contributed by atoms with van der Waals surface area (Å²) in [6, 6.07) is 11.9. The molecule has 1 fully saturated rings. The molecule has 0 spiro atoms. The molecule has 0 unspecified atom stereocenters. The van der Waals surface area contributed by atoms with Gasteiger partial charge in [0.25, 0.3) is 5.91 Å². The van der Waals surface area contributed by atoms with Crippen molar-refractivity contribution in [3.8, 4) is 0 Å². The molecule has 1 amide bonds. The Kier molecular flexibility index (Phi) is 4.38. The van der Waals surface area contributed by atoms with Crippen LogP contribution in [0.25, 0.3) is 0 Å². The van der Waals surface area contributed by atoms with Crippen LogP contribution in [0.3, 0.4) is 0 Å². The molecule has 2 aromatic rings. The van der Waals surface area contributed by atoms with Gasteiger partial charge in [-0.05, 0) is 48.4 Å². The van der Waals surface area contributed by atoms with Gasteiger partial charge in [0, 0.05) is 24.6 Å². The molecule has 0 aromatic heterocycles. The SMILES string of the molecule is NS(=O)(=O)c1ccc(C(=O)N2CC[C@@H](c3ccc(F)cc3)C2)cc1. The van der Waals surface area contributed by atoms with E-state index in [9.17, 15) is 17.6 Å². The smallest absolute Gasteiger partial charge is 0.253 e. The Hall–Kier alpha value is -2.25. The highest BCUT2D eigenvalue weighted by Crippen LogP contribution is 2.28. The number of carbonyl (C=O) groups excluding carboxylic acids is 1. The van der Waals surface area contributed by atoms with Crippen LogP contribution >= 0.6 is 0 Å². The maximum absolute atomic E-state index is 13.0. The predicted octanol–water partition coefficient (Wildman–Crippen LogP) is 2.10. The van der Waals surface area contributed by atoms with Crippen molar-refractivity contribution in [3.05, 3.63) is 65.5 Å². The fourth-order valence-electron chi connectivity index (χ4n) is 2.92. The summed E-state index contributed by atoms with van der Waals surface area (Å²) in [6.07, 6.45) is 0.812. The van der Waals surface area contributed by atoms with Crippen molar-refractivity contribution < 1.29 is 17.6 Å². The molecule has 3 rings (SSSR count). The highest BCUT2D eigenvalue weighted by molar-refractivity contribution is 7.89. The lowest BCUT2D eigenvalue weighted by Crippen LogP contribution is -2.28. The zero-order valence-corrected chi connectivity index (χ0v) is 13.7. The number of nitrogens with two attached hydrogens (primary N) is 1. The van der Waals surface area contributed by atoms with Crippen molar-refractivity contribution in [2.45, 2.75) is 17.2 Å². The van der Waals surface area contributed by atoms with E-state index >= 15 is 0 Å². The second-order valence-electron chi connectivity index (χ2n) is 5.86. The second kappa shape index (κ2) is 6.33. The van der Waals surface area contributed by atoms with E-state index in [0.29, 0.717) is 18.7 Å². The van der Waals surface area contributed by atoms with Gasteiger partial charge in [-0.3, -0.25) is 4.79 Å². The van der Waals surface area contributed by atoms with Crippen LogP contribution in [0.2, 0.25) is 0 Å². The number of rotatable bonds is 3. The van der Waals surface area contributed by atoms with Gasteiger partial charge in [-0.25, -0.2) is 17.9 Å². The van der Waals surface area contributed by atoms with Crippen molar-refractivity contribution in [2.75, 3.05) is 13.1 Å². The Morgan fingerprint density at radius 1 is 1.08 bits per heavy atom. The van der Waals surface area contributed by atoms with E-state index in [1.807, 2.05) is 0 Å². The summed E-state index contributed by atoms with van der Waals surface area (Å²) in [5, 5.41) is 5.05. The number of halogens is 1. The van der Waals surface area contributed by atoms with Gasteiger partial charge in [0.05, 0.1) is 4.90 Å². The highest BCUT2D eigenvalue weighted by atomic mass is 32.2. The first-order valence-electron chi connectivity index (χ1n) is 7.52. The zero-order valence-electron chi connectivity index (χ0n) is 12.9. The largest absolute Gasteiger partial charge is 0.338 e. The number of amides is 1. The monoisotopic (exact) mass is 348 g/mol. The summed E-state index contributed by atoms with van der Waals surface area (Å²) in [7, 11) is -3.77. The minimum Gasteiger partial charge on any atom is -0.338 e. The molecule has 1 saturated heterocycles. The Balaban J connectivity index is 1.71. The quantitative estimate of drug-likeness (QED) is 0.922. The maximum Gasteiger partial charge on any atom is 0.253 e. The Labute approximate surface area is 139 Å². The van der Waals surface area contributed by atoms with Gasteiger partial charge in [-0.2, -0.15) is 0 Å². The molecule has 7 heteroatoms. The number of benzene rings is 2. The molecule has 0 radical (unpaired) electrons. The lowest BCUT2D eigenvalue weighted by atomic mass is 9.99. The molecule has 0 bridgehead atoms. The number of carbonyl (C=O) groups is 1. The molecule has 1 atom stereocenters. The van der Waals surface area contributed by atoms with Gasteiger partial charge < -0.3 is 4.90 Å². The number of sulfonamides is 1. The summed E-state index contributed by atoms with van der Waals surface area (Å²) < 4.78 is 35.5. The number of hydrogen-bond acceptors (Lipinski definition) is 3. The Bertz CT molecular complexity index is 848. The zero-order chi connectivity index (χ0) is 17.3. The van der Waals surface area contributed by atoms with E-state index < -0.39 is 10.0 Å². The fraction of sp³-hybridized carbons (Fsp3) is 0.235. The molecule has 0 aliphatic carbocycles. The molecule has 2 N–H and O–H groups in total. The molecule has 1 aliphatic rings. The average Bonchev–Trinajstić information content (AvgIpc) is 3.04. The van der Waals surface area contributed by atoms with Gasteiger partial charge in [-0.1, -0.05) is 12.1 Å². The first-order valence-corrected chi connectivity index (χ1v) is 9.07. The Morgan fingerprint density at radius 3 is 2.29 bits per heavy atom. The van der Waals surface area contributed by atoms with E-state index in [4.69, 9.17) is 5.14 Å². The van der Waals surface area contributed by atoms with Crippen molar-refractivity contribution in [1.29, 1.82) is 0 Å². The molecule has 126 valence electrons. The van der Waals surface area contributed by atoms with Gasteiger partial charge in [0.2, 0.25) is 10.0 Å².